The Balaban J connectivity index is 1.56. The Bertz CT molecular complexity index is 891. The van der Waals surface area contributed by atoms with Crippen LogP contribution in [0.15, 0.2) is 45.8 Å². The average molecular weight is 454 g/mol. The van der Waals surface area contributed by atoms with Crippen molar-refractivity contribution in [2.45, 2.75) is 49.1 Å². The summed E-state index contributed by atoms with van der Waals surface area (Å²) < 4.78 is 26.9. The highest BCUT2D eigenvalue weighted by Gasteiger charge is 2.26. The van der Waals surface area contributed by atoms with Crippen molar-refractivity contribution in [3.8, 4) is 0 Å². The summed E-state index contributed by atoms with van der Waals surface area (Å²) in [6.45, 7) is 5.31. The molecule has 1 aliphatic rings. The monoisotopic (exact) mass is 453 g/mol. The number of rotatable bonds is 8. The SMILES string of the molecule is CC(C)[C@H](NC(=O)CSc1ccc(S(=O)(=O)N2CCCCC2)cn1)c1cccs1. The molecule has 0 aliphatic carbocycles. The minimum absolute atomic E-state index is 0.00637. The first kappa shape index (κ1) is 22.3. The van der Waals surface area contributed by atoms with Crippen molar-refractivity contribution in [3.63, 3.8) is 0 Å². The average Bonchev–Trinajstić information content (AvgIpc) is 3.25. The van der Waals surface area contributed by atoms with E-state index in [0.717, 1.165) is 24.1 Å². The van der Waals surface area contributed by atoms with Crippen LogP contribution >= 0.6 is 23.1 Å². The molecule has 0 bridgehead atoms. The highest BCUT2D eigenvalue weighted by atomic mass is 32.2. The Morgan fingerprint density at radius 2 is 2.00 bits per heavy atom. The van der Waals surface area contributed by atoms with Crippen molar-refractivity contribution in [2.75, 3.05) is 18.8 Å². The van der Waals surface area contributed by atoms with Crippen molar-refractivity contribution in [1.82, 2.24) is 14.6 Å². The van der Waals surface area contributed by atoms with Gasteiger partial charge in [0.1, 0.15) is 4.90 Å². The zero-order valence-electron chi connectivity index (χ0n) is 16.7. The molecule has 1 aliphatic heterocycles. The van der Waals surface area contributed by atoms with Gasteiger partial charge in [-0.2, -0.15) is 4.31 Å². The Labute approximate surface area is 181 Å². The summed E-state index contributed by atoms with van der Waals surface area (Å²) in [7, 11) is -3.48. The van der Waals surface area contributed by atoms with E-state index in [1.54, 1.807) is 23.5 Å². The largest absolute Gasteiger partial charge is 0.347 e. The van der Waals surface area contributed by atoms with Gasteiger partial charge in [-0.25, -0.2) is 13.4 Å². The van der Waals surface area contributed by atoms with Crippen LogP contribution in [0.25, 0.3) is 0 Å². The number of pyridine rings is 1. The summed E-state index contributed by atoms with van der Waals surface area (Å²) in [5.41, 5.74) is 0. The van der Waals surface area contributed by atoms with Gasteiger partial charge in [-0.05, 0) is 42.3 Å². The minimum Gasteiger partial charge on any atom is -0.347 e. The Kier molecular flexibility index (Phi) is 7.72. The lowest BCUT2D eigenvalue weighted by atomic mass is 10.0. The third-order valence-electron chi connectivity index (χ3n) is 4.85. The third kappa shape index (κ3) is 5.81. The number of hydrogen-bond acceptors (Lipinski definition) is 6. The first-order chi connectivity index (χ1) is 13.9. The molecular formula is C20H27N3O3S3. The predicted octanol–water partition coefficient (Wildman–Crippen LogP) is 3.92. The zero-order valence-corrected chi connectivity index (χ0v) is 19.2. The van der Waals surface area contributed by atoms with Crippen molar-refractivity contribution in [2.24, 2.45) is 5.92 Å². The van der Waals surface area contributed by atoms with Crippen LogP contribution in [0.2, 0.25) is 0 Å². The van der Waals surface area contributed by atoms with Gasteiger partial charge in [0, 0.05) is 24.2 Å². The van der Waals surface area contributed by atoms with E-state index in [-0.39, 0.29) is 22.6 Å². The molecule has 1 fully saturated rings. The molecule has 2 aromatic heterocycles. The molecule has 1 saturated heterocycles. The molecule has 3 rings (SSSR count). The molecule has 29 heavy (non-hydrogen) atoms. The number of aromatic nitrogens is 1. The Hall–Kier alpha value is -1.42. The lowest BCUT2D eigenvalue weighted by Crippen LogP contribution is -2.35. The predicted molar refractivity (Wildman–Crippen MR) is 118 cm³/mol. The summed E-state index contributed by atoms with van der Waals surface area (Å²) in [5, 5.41) is 5.73. The molecule has 0 saturated carbocycles. The second-order valence-corrected chi connectivity index (χ2v) is 11.3. The van der Waals surface area contributed by atoms with Crippen LogP contribution in [-0.4, -0.2) is 42.5 Å². The van der Waals surface area contributed by atoms with Gasteiger partial charge >= 0.3 is 0 Å². The first-order valence-corrected chi connectivity index (χ1v) is 13.1. The standard InChI is InChI=1S/C20H27N3O3S3/c1-15(2)20(17-7-6-12-27-17)22-18(24)14-28-19-9-8-16(13-21-19)29(25,26)23-10-4-3-5-11-23/h6-9,12-13,15,20H,3-5,10-11,14H2,1-2H3,(H,22,24)/t20-/m0/s1. The van der Waals surface area contributed by atoms with Gasteiger partial charge < -0.3 is 5.32 Å². The van der Waals surface area contributed by atoms with Crippen LogP contribution in [0.4, 0.5) is 0 Å². The summed E-state index contributed by atoms with van der Waals surface area (Å²) in [6, 6.07) is 7.27. The summed E-state index contributed by atoms with van der Waals surface area (Å²) in [4.78, 5) is 18.0. The molecule has 0 unspecified atom stereocenters. The maximum atomic E-state index is 12.7. The quantitative estimate of drug-likeness (QED) is 0.613. The number of carbonyl (C=O) groups is 1. The third-order valence-corrected chi connectivity index (χ3v) is 8.63. The van der Waals surface area contributed by atoms with E-state index >= 15 is 0 Å². The van der Waals surface area contributed by atoms with Crippen LogP contribution in [-0.2, 0) is 14.8 Å². The molecule has 0 radical (unpaired) electrons. The number of hydrogen-bond donors (Lipinski definition) is 1. The Morgan fingerprint density at radius 3 is 2.59 bits per heavy atom. The molecule has 2 aromatic rings. The van der Waals surface area contributed by atoms with E-state index in [1.807, 2.05) is 17.5 Å². The van der Waals surface area contributed by atoms with Crippen molar-refractivity contribution < 1.29 is 13.2 Å². The lowest BCUT2D eigenvalue weighted by molar-refractivity contribution is -0.119. The van der Waals surface area contributed by atoms with Gasteiger partial charge in [-0.15, -0.1) is 11.3 Å². The summed E-state index contributed by atoms with van der Waals surface area (Å²) in [5.74, 6) is 0.466. The number of nitrogens with one attached hydrogen (secondary N) is 1. The van der Waals surface area contributed by atoms with Gasteiger partial charge in [0.2, 0.25) is 15.9 Å². The van der Waals surface area contributed by atoms with E-state index in [2.05, 4.69) is 24.1 Å². The fraction of sp³-hybridized carbons (Fsp3) is 0.500. The molecule has 0 aromatic carbocycles. The normalized spacial score (nSPS) is 16.7. The summed E-state index contributed by atoms with van der Waals surface area (Å²) in [6.07, 6.45) is 4.27. The van der Waals surface area contributed by atoms with Crippen molar-refractivity contribution in [3.05, 3.63) is 40.7 Å². The second-order valence-electron chi connectivity index (χ2n) is 7.39. The zero-order chi connectivity index (χ0) is 20.9. The second kappa shape index (κ2) is 10.1. The first-order valence-electron chi connectivity index (χ1n) is 9.79. The number of nitrogens with zero attached hydrogens (tertiary/aromatic N) is 2. The van der Waals surface area contributed by atoms with Gasteiger partial charge in [-0.1, -0.05) is 38.1 Å². The number of piperidine rings is 1. The number of thiophene rings is 1. The highest BCUT2D eigenvalue weighted by molar-refractivity contribution is 7.99. The van der Waals surface area contributed by atoms with Gasteiger partial charge in [0.05, 0.1) is 16.8 Å². The summed E-state index contributed by atoms with van der Waals surface area (Å²) >= 11 is 2.94. The van der Waals surface area contributed by atoms with E-state index < -0.39 is 10.0 Å². The van der Waals surface area contributed by atoms with Gasteiger partial charge in [0.25, 0.3) is 0 Å². The number of sulfonamides is 1. The molecular weight excluding hydrogens is 426 g/mol. The van der Waals surface area contributed by atoms with E-state index in [9.17, 15) is 13.2 Å². The number of carbonyl (C=O) groups excluding carboxylic acids is 1. The Morgan fingerprint density at radius 1 is 1.24 bits per heavy atom. The van der Waals surface area contributed by atoms with E-state index in [4.69, 9.17) is 0 Å². The van der Waals surface area contributed by atoms with E-state index in [0.29, 0.717) is 24.0 Å². The molecule has 6 nitrogen and oxygen atoms in total. The molecule has 1 atom stereocenters. The van der Waals surface area contributed by atoms with Gasteiger partial charge in [-0.3, -0.25) is 4.79 Å². The smallest absolute Gasteiger partial charge is 0.244 e. The minimum atomic E-state index is -3.48. The molecule has 158 valence electrons. The maximum absolute atomic E-state index is 12.7. The fourth-order valence-corrected chi connectivity index (χ4v) is 6.31. The number of thioether (sulfide) groups is 1. The molecule has 9 heteroatoms. The molecule has 1 N–H and O–H groups in total. The molecule has 0 spiro atoms. The van der Waals surface area contributed by atoms with Crippen molar-refractivity contribution >= 4 is 39.0 Å². The van der Waals surface area contributed by atoms with Crippen LogP contribution in [0.1, 0.15) is 44.0 Å². The van der Waals surface area contributed by atoms with Crippen LogP contribution in [0.3, 0.4) is 0 Å². The van der Waals surface area contributed by atoms with Crippen molar-refractivity contribution in [1.29, 1.82) is 0 Å². The topological polar surface area (TPSA) is 79.4 Å². The van der Waals surface area contributed by atoms with E-state index in [1.165, 1.54) is 22.3 Å². The lowest BCUT2D eigenvalue weighted by Gasteiger charge is -2.25. The van der Waals surface area contributed by atoms with Crippen LogP contribution < -0.4 is 5.32 Å². The van der Waals surface area contributed by atoms with Crippen LogP contribution in [0.5, 0.6) is 0 Å². The molecule has 3 heterocycles. The maximum Gasteiger partial charge on any atom is 0.244 e. The number of amides is 1. The highest BCUT2D eigenvalue weighted by Crippen LogP contribution is 2.26. The van der Waals surface area contributed by atoms with Crippen LogP contribution in [0, 0.1) is 5.92 Å². The molecule has 1 amide bonds. The van der Waals surface area contributed by atoms with Gasteiger partial charge in [0.15, 0.2) is 0 Å². The fourth-order valence-electron chi connectivity index (χ4n) is 3.25.